The number of fused-ring (bicyclic) bond motifs is 4. The summed E-state index contributed by atoms with van der Waals surface area (Å²) in [6, 6.07) is 11.9. The van der Waals surface area contributed by atoms with Crippen LogP contribution in [0.15, 0.2) is 36.4 Å². The quantitative estimate of drug-likeness (QED) is 0.391. The summed E-state index contributed by atoms with van der Waals surface area (Å²) in [6.45, 7) is 5.56. The molecule has 52 heavy (non-hydrogen) atoms. The van der Waals surface area contributed by atoms with Crippen LogP contribution in [0.3, 0.4) is 0 Å². The van der Waals surface area contributed by atoms with Crippen molar-refractivity contribution in [2.75, 3.05) is 65.6 Å². The molecule has 0 aromatic heterocycles. The molecule has 1 saturated carbocycles. The Morgan fingerprint density at radius 3 is 2.58 bits per heavy atom. The van der Waals surface area contributed by atoms with Crippen LogP contribution in [-0.2, 0) is 36.1 Å². The number of hydrogen-bond acceptors (Lipinski definition) is 9. The lowest BCUT2D eigenvalue weighted by atomic mass is 9.64. The number of ether oxygens (including phenoxy) is 4. The van der Waals surface area contributed by atoms with E-state index in [-0.39, 0.29) is 36.2 Å². The summed E-state index contributed by atoms with van der Waals surface area (Å²) < 4.78 is 55.4. The minimum absolute atomic E-state index is 0.183. The molecule has 12 heteroatoms. The first kappa shape index (κ1) is 37.9. The van der Waals surface area contributed by atoms with E-state index in [4.69, 9.17) is 30.5 Å². The number of sulfonamides is 1. The van der Waals surface area contributed by atoms with Crippen molar-refractivity contribution in [3.63, 3.8) is 0 Å². The van der Waals surface area contributed by atoms with Gasteiger partial charge in [-0.25, -0.2) is 13.1 Å². The summed E-state index contributed by atoms with van der Waals surface area (Å²) in [4.78, 5) is 18.4. The highest BCUT2D eigenvalue weighted by Crippen LogP contribution is 2.49. The van der Waals surface area contributed by atoms with E-state index in [2.05, 4.69) is 40.7 Å². The molecule has 286 valence electrons. The van der Waals surface area contributed by atoms with Gasteiger partial charge in [0, 0.05) is 48.7 Å². The third kappa shape index (κ3) is 7.73. The van der Waals surface area contributed by atoms with Crippen molar-refractivity contribution in [2.24, 2.45) is 23.7 Å². The van der Waals surface area contributed by atoms with Gasteiger partial charge in [0.05, 0.1) is 36.8 Å². The predicted octanol–water partition coefficient (Wildman–Crippen LogP) is 6.04. The lowest BCUT2D eigenvalue weighted by Crippen LogP contribution is -2.52. The Hall–Kier alpha value is -2.41. The fourth-order valence-corrected chi connectivity index (χ4v) is 11.5. The third-order valence-electron chi connectivity index (χ3n) is 12.8. The van der Waals surface area contributed by atoms with Gasteiger partial charge >= 0.3 is 0 Å². The van der Waals surface area contributed by atoms with E-state index in [1.165, 1.54) is 11.1 Å². The number of carbonyl (C=O) groups excluding carboxylic acids is 1. The fraction of sp³-hybridized carbons (Fsp3) is 0.675. The van der Waals surface area contributed by atoms with E-state index in [9.17, 15) is 13.2 Å². The highest BCUT2D eigenvalue weighted by atomic mass is 35.5. The molecule has 0 radical (unpaired) electrons. The SMILES string of the molecule is COCC[C@@H]1[C@@H](C)CCC[C@@H]([C@H]2OC[C@@H](N(C)C)CO2)[C@@H]2CC[C@H]2CN2C[C@@]3(CCCc4cc(Cl)ccc43)COc3ccc(cc32)C(=O)NS1(=O)=O. The Morgan fingerprint density at radius 1 is 1.04 bits per heavy atom. The molecule has 2 fully saturated rings. The molecule has 2 bridgehead atoms. The zero-order valence-electron chi connectivity index (χ0n) is 31.2. The number of methoxy groups -OCH3 is 1. The smallest absolute Gasteiger partial charge is 0.264 e. The molecule has 10 nitrogen and oxygen atoms in total. The maximum absolute atomic E-state index is 13.9. The molecule has 2 aromatic rings. The largest absolute Gasteiger partial charge is 0.490 e. The van der Waals surface area contributed by atoms with E-state index >= 15 is 0 Å². The number of nitrogens with zero attached hydrogens (tertiary/aromatic N) is 2. The van der Waals surface area contributed by atoms with Crippen molar-refractivity contribution in [3.05, 3.63) is 58.1 Å². The number of anilines is 1. The molecule has 3 heterocycles. The monoisotopic (exact) mass is 757 g/mol. The Bertz CT molecular complexity index is 1700. The predicted molar refractivity (Wildman–Crippen MR) is 203 cm³/mol. The summed E-state index contributed by atoms with van der Waals surface area (Å²) in [5, 5.41) is -0.0295. The summed E-state index contributed by atoms with van der Waals surface area (Å²) in [7, 11) is 1.68. The average molecular weight is 758 g/mol. The van der Waals surface area contributed by atoms with Crippen molar-refractivity contribution in [1.29, 1.82) is 0 Å². The molecular formula is C40H56ClN3O7S. The van der Waals surface area contributed by atoms with Crippen LogP contribution in [0.4, 0.5) is 5.69 Å². The van der Waals surface area contributed by atoms with Crippen LogP contribution in [0, 0.1) is 23.7 Å². The zero-order valence-corrected chi connectivity index (χ0v) is 32.7. The summed E-state index contributed by atoms with van der Waals surface area (Å²) in [6.07, 6.45) is 7.64. The number of hydrogen-bond donors (Lipinski definition) is 1. The number of likely N-dealkylation sites (N-methyl/N-ethyl adjacent to an activating group) is 1. The number of rotatable bonds is 5. The van der Waals surface area contributed by atoms with Crippen LogP contribution in [0.2, 0.25) is 5.02 Å². The number of nitrogens with one attached hydrogen (secondary N) is 1. The molecule has 7 rings (SSSR count). The number of aryl methyl sites for hydroxylation is 1. The summed E-state index contributed by atoms with van der Waals surface area (Å²) in [5.74, 6) is 0.896. The molecule has 1 N–H and O–H groups in total. The topological polar surface area (TPSA) is 107 Å². The highest BCUT2D eigenvalue weighted by Gasteiger charge is 2.47. The second kappa shape index (κ2) is 15.7. The molecular weight excluding hydrogens is 702 g/mol. The van der Waals surface area contributed by atoms with E-state index in [0.29, 0.717) is 55.8 Å². The lowest BCUT2D eigenvalue weighted by molar-refractivity contribution is -0.240. The maximum Gasteiger partial charge on any atom is 0.264 e. The van der Waals surface area contributed by atoms with E-state index in [1.807, 2.05) is 25.1 Å². The number of benzene rings is 2. The van der Waals surface area contributed by atoms with Gasteiger partial charge in [0.15, 0.2) is 6.29 Å². The van der Waals surface area contributed by atoms with E-state index in [1.54, 1.807) is 13.2 Å². The minimum atomic E-state index is -4.02. The van der Waals surface area contributed by atoms with Gasteiger partial charge in [-0.1, -0.05) is 31.0 Å². The van der Waals surface area contributed by atoms with Crippen molar-refractivity contribution < 1.29 is 32.2 Å². The van der Waals surface area contributed by atoms with Gasteiger partial charge in [-0.05, 0) is 125 Å². The van der Waals surface area contributed by atoms with Crippen molar-refractivity contribution in [3.8, 4) is 5.75 Å². The first-order valence-electron chi connectivity index (χ1n) is 19.2. The van der Waals surface area contributed by atoms with Gasteiger partial charge in [0.2, 0.25) is 10.0 Å². The molecule has 1 saturated heterocycles. The molecule has 2 aromatic carbocycles. The molecule has 6 atom stereocenters. The Kier molecular flexibility index (Phi) is 11.5. The normalized spacial score (nSPS) is 33.6. The van der Waals surface area contributed by atoms with Crippen LogP contribution in [0.5, 0.6) is 5.75 Å². The second-order valence-electron chi connectivity index (χ2n) is 16.3. The molecule has 5 aliphatic rings. The van der Waals surface area contributed by atoms with Crippen LogP contribution >= 0.6 is 11.6 Å². The minimum Gasteiger partial charge on any atom is -0.490 e. The van der Waals surface area contributed by atoms with Gasteiger partial charge in [-0.3, -0.25) is 4.79 Å². The van der Waals surface area contributed by atoms with E-state index < -0.39 is 21.2 Å². The van der Waals surface area contributed by atoms with Crippen LogP contribution in [0.25, 0.3) is 0 Å². The summed E-state index contributed by atoms with van der Waals surface area (Å²) >= 11 is 6.49. The van der Waals surface area contributed by atoms with Crippen LogP contribution in [0.1, 0.15) is 79.8 Å². The Balaban J connectivity index is 1.27. The number of halogens is 1. The van der Waals surface area contributed by atoms with E-state index in [0.717, 1.165) is 68.7 Å². The van der Waals surface area contributed by atoms with Crippen molar-refractivity contribution in [2.45, 2.75) is 87.7 Å². The lowest BCUT2D eigenvalue weighted by Gasteiger charge is -2.49. The average Bonchev–Trinajstić information content (AvgIpc) is 3.25. The van der Waals surface area contributed by atoms with Gasteiger partial charge in [0.1, 0.15) is 5.75 Å². The molecule has 1 amide bonds. The fourth-order valence-electron chi connectivity index (χ4n) is 9.63. The molecule has 2 aliphatic carbocycles. The van der Waals surface area contributed by atoms with Crippen LogP contribution < -0.4 is 14.4 Å². The zero-order chi connectivity index (χ0) is 36.6. The number of amides is 1. The number of carbonyl (C=O) groups is 1. The first-order chi connectivity index (χ1) is 25.0. The molecule has 3 aliphatic heterocycles. The van der Waals surface area contributed by atoms with Gasteiger partial charge in [-0.15, -0.1) is 0 Å². The highest BCUT2D eigenvalue weighted by molar-refractivity contribution is 7.90. The second-order valence-corrected chi connectivity index (χ2v) is 18.6. The summed E-state index contributed by atoms with van der Waals surface area (Å²) in [5.41, 5.74) is 3.43. The molecule has 1 spiro atoms. The first-order valence-corrected chi connectivity index (χ1v) is 21.2. The van der Waals surface area contributed by atoms with Gasteiger partial charge in [-0.2, -0.15) is 0 Å². The maximum atomic E-state index is 13.9. The van der Waals surface area contributed by atoms with Crippen molar-refractivity contribution >= 4 is 33.2 Å². The standard InChI is InChI=1S/C40H56ClN3O7S/c1-26-7-5-9-33(39-49-22-31(23-50-39)43(2)3)32-13-10-29(32)21-44-24-40(17-6-8-27-19-30(41)12-14-34(27)40)25-51-36-15-11-28(20-35(36)44)38(45)42-52(46,47)37(26)16-18-48-4/h11-12,14-15,19-20,26,29,31-33,37,39H,5-10,13,16-18,21-25H2,1-4H3,(H,42,45)/t26-,29-,31-,32+,33+,37+,39+,40-/m0/s1. The van der Waals surface area contributed by atoms with Crippen LogP contribution in [-0.4, -0.2) is 97.5 Å². The van der Waals surface area contributed by atoms with Crippen molar-refractivity contribution in [1.82, 2.24) is 9.62 Å². The molecule has 0 unspecified atom stereocenters. The Labute approximate surface area is 314 Å². The third-order valence-corrected chi connectivity index (χ3v) is 15.0. The van der Waals surface area contributed by atoms with Gasteiger partial charge < -0.3 is 28.7 Å². The Morgan fingerprint density at radius 2 is 1.85 bits per heavy atom. The van der Waals surface area contributed by atoms with Gasteiger partial charge in [0.25, 0.3) is 5.91 Å².